The molecule has 3 rings (SSSR count). The molecule has 2 heterocycles. The topological polar surface area (TPSA) is 69.3 Å². The van der Waals surface area contributed by atoms with Crippen molar-refractivity contribution in [2.24, 2.45) is 0 Å². The lowest BCUT2D eigenvalue weighted by Gasteiger charge is -2.39. The highest BCUT2D eigenvalue weighted by molar-refractivity contribution is 5.99. The summed E-state index contributed by atoms with van der Waals surface area (Å²) in [5.41, 5.74) is 3.66. The van der Waals surface area contributed by atoms with Gasteiger partial charge in [-0.2, -0.15) is 5.10 Å². The summed E-state index contributed by atoms with van der Waals surface area (Å²) < 4.78 is 0. The molecule has 6 nitrogen and oxygen atoms in total. The summed E-state index contributed by atoms with van der Waals surface area (Å²) in [5, 5.41) is 7.24. The number of carbonyl (C=O) groups is 2. The first-order valence-electron chi connectivity index (χ1n) is 10.1. The number of hydrogen-bond donors (Lipinski definition) is 1. The van der Waals surface area contributed by atoms with Crippen LogP contribution in [-0.4, -0.2) is 58.0 Å². The van der Waals surface area contributed by atoms with E-state index in [1.807, 2.05) is 37.5 Å². The molecule has 1 N–H and O–H groups in total. The van der Waals surface area contributed by atoms with Crippen LogP contribution in [0, 0.1) is 0 Å². The van der Waals surface area contributed by atoms with Gasteiger partial charge in [0, 0.05) is 37.0 Å². The van der Waals surface area contributed by atoms with Crippen LogP contribution in [0.15, 0.2) is 30.5 Å². The Kier molecular flexibility index (Phi) is 6.17. The Morgan fingerprint density at radius 3 is 2.82 bits per heavy atom. The maximum absolute atomic E-state index is 13.3. The summed E-state index contributed by atoms with van der Waals surface area (Å²) in [5.74, 6) is 0.283. The largest absolute Gasteiger partial charge is 0.342 e. The fourth-order valence-corrected chi connectivity index (χ4v) is 3.78. The molecule has 0 spiro atoms. The van der Waals surface area contributed by atoms with Crippen LogP contribution in [0.5, 0.6) is 0 Å². The second-order valence-electron chi connectivity index (χ2n) is 7.85. The van der Waals surface area contributed by atoms with Gasteiger partial charge in [0.15, 0.2) is 0 Å². The minimum Gasteiger partial charge on any atom is -0.342 e. The summed E-state index contributed by atoms with van der Waals surface area (Å²) >= 11 is 0. The molecule has 1 aromatic heterocycles. The predicted octanol–water partition coefficient (Wildman–Crippen LogP) is 3.67. The Balaban J connectivity index is 1.89. The number of amides is 2. The van der Waals surface area contributed by atoms with Gasteiger partial charge in [0.1, 0.15) is 6.04 Å². The van der Waals surface area contributed by atoms with E-state index < -0.39 is 0 Å². The van der Waals surface area contributed by atoms with E-state index in [9.17, 15) is 9.59 Å². The zero-order valence-electron chi connectivity index (χ0n) is 17.2. The fourth-order valence-electron chi connectivity index (χ4n) is 3.78. The van der Waals surface area contributed by atoms with Crippen LogP contribution in [0.3, 0.4) is 0 Å². The highest BCUT2D eigenvalue weighted by Crippen LogP contribution is 2.28. The molecular weight excluding hydrogens is 352 g/mol. The fraction of sp³-hybridized carbons (Fsp3) is 0.500. The number of likely N-dealkylation sites (N-methyl/N-ethyl adjacent to an activating group) is 1. The van der Waals surface area contributed by atoms with E-state index in [1.54, 1.807) is 9.80 Å². The van der Waals surface area contributed by atoms with Crippen molar-refractivity contribution in [2.45, 2.75) is 52.0 Å². The SMILES string of the molecule is CCCCC1C(=O)N(C)CCN1C(=O)c1cccc(-c2cn[nH]c2C(C)C)c1. The van der Waals surface area contributed by atoms with Gasteiger partial charge in [-0.05, 0) is 30.0 Å². The normalized spacial score (nSPS) is 17.5. The number of nitrogens with one attached hydrogen (secondary N) is 1. The van der Waals surface area contributed by atoms with Crippen molar-refractivity contribution in [3.63, 3.8) is 0 Å². The van der Waals surface area contributed by atoms with Crippen LogP contribution in [-0.2, 0) is 4.79 Å². The van der Waals surface area contributed by atoms with E-state index in [0.29, 0.717) is 31.0 Å². The molecule has 0 radical (unpaired) electrons. The molecule has 1 fully saturated rings. The van der Waals surface area contributed by atoms with Crippen molar-refractivity contribution < 1.29 is 9.59 Å². The molecule has 150 valence electrons. The van der Waals surface area contributed by atoms with E-state index in [0.717, 1.165) is 29.7 Å². The van der Waals surface area contributed by atoms with Gasteiger partial charge in [0.25, 0.3) is 5.91 Å². The lowest BCUT2D eigenvalue weighted by Crippen LogP contribution is -2.57. The van der Waals surface area contributed by atoms with E-state index in [2.05, 4.69) is 31.0 Å². The van der Waals surface area contributed by atoms with E-state index in [4.69, 9.17) is 0 Å². The molecule has 0 bridgehead atoms. The average Bonchev–Trinajstić information content (AvgIpc) is 3.19. The number of piperazine rings is 1. The first-order chi connectivity index (χ1) is 13.4. The molecule has 1 aliphatic rings. The summed E-state index contributed by atoms with van der Waals surface area (Å²) in [7, 11) is 1.82. The van der Waals surface area contributed by atoms with Crippen LogP contribution in [0.4, 0.5) is 0 Å². The summed E-state index contributed by atoms with van der Waals surface area (Å²) in [4.78, 5) is 29.5. The van der Waals surface area contributed by atoms with Crippen LogP contribution < -0.4 is 0 Å². The van der Waals surface area contributed by atoms with Gasteiger partial charge in [-0.25, -0.2) is 0 Å². The molecule has 1 saturated heterocycles. The summed E-state index contributed by atoms with van der Waals surface area (Å²) in [6, 6.07) is 7.28. The molecule has 1 aromatic carbocycles. The monoisotopic (exact) mass is 382 g/mol. The Labute approximate surface area is 166 Å². The first kappa shape index (κ1) is 20.1. The number of aromatic amines is 1. The first-order valence-corrected chi connectivity index (χ1v) is 10.1. The summed E-state index contributed by atoms with van der Waals surface area (Å²) in [6.45, 7) is 7.47. The highest BCUT2D eigenvalue weighted by atomic mass is 16.2. The van der Waals surface area contributed by atoms with Gasteiger partial charge in [-0.1, -0.05) is 45.7 Å². The van der Waals surface area contributed by atoms with Crippen molar-refractivity contribution in [2.75, 3.05) is 20.1 Å². The number of unbranched alkanes of at least 4 members (excludes halogenated alkanes) is 1. The molecule has 2 amide bonds. The highest BCUT2D eigenvalue weighted by Gasteiger charge is 2.35. The number of rotatable bonds is 6. The van der Waals surface area contributed by atoms with Gasteiger partial charge in [0.05, 0.1) is 6.20 Å². The second kappa shape index (κ2) is 8.59. The molecular formula is C22H30N4O2. The molecule has 6 heteroatoms. The predicted molar refractivity (Wildman–Crippen MR) is 110 cm³/mol. The number of benzene rings is 1. The number of aromatic nitrogens is 2. The van der Waals surface area contributed by atoms with Crippen molar-refractivity contribution in [1.29, 1.82) is 0 Å². The third-order valence-corrected chi connectivity index (χ3v) is 5.47. The van der Waals surface area contributed by atoms with Crippen molar-refractivity contribution in [1.82, 2.24) is 20.0 Å². The van der Waals surface area contributed by atoms with Crippen molar-refractivity contribution >= 4 is 11.8 Å². The second-order valence-corrected chi connectivity index (χ2v) is 7.85. The zero-order chi connectivity index (χ0) is 20.3. The van der Waals surface area contributed by atoms with E-state index in [1.165, 1.54) is 0 Å². The van der Waals surface area contributed by atoms with Crippen LogP contribution in [0.2, 0.25) is 0 Å². The Hall–Kier alpha value is -2.63. The average molecular weight is 383 g/mol. The van der Waals surface area contributed by atoms with Crippen LogP contribution in [0.25, 0.3) is 11.1 Å². The molecule has 0 saturated carbocycles. The van der Waals surface area contributed by atoms with Gasteiger partial charge in [-0.15, -0.1) is 0 Å². The van der Waals surface area contributed by atoms with Crippen LogP contribution in [0.1, 0.15) is 62.0 Å². The van der Waals surface area contributed by atoms with Gasteiger partial charge in [-0.3, -0.25) is 14.7 Å². The number of carbonyl (C=O) groups excluding carboxylic acids is 2. The Bertz CT molecular complexity index is 843. The maximum atomic E-state index is 13.3. The molecule has 0 aliphatic carbocycles. The zero-order valence-corrected chi connectivity index (χ0v) is 17.2. The quantitative estimate of drug-likeness (QED) is 0.829. The maximum Gasteiger partial charge on any atom is 0.254 e. The molecule has 2 aromatic rings. The molecule has 1 atom stereocenters. The smallest absolute Gasteiger partial charge is 0.254 e. The van der Waals surface area contributed by atoms with E-state index in [-0.39, 0.29) is 17.9 Å². The molecule has 28 heavy (non-hydrogen) atoms. The minimum atomic E-state index is -0.366. The standard InChI is InChI=1S/C22H30N4O2/c1-5-6-10-19-22(28)25(4)11-12-26(19)21(27)17-9-7-8-16(13-17)18-14-23-24-20(18)15(2)3/h7-9,13-15,19H,5-6,10-12H2,1-4H3,(H,23,24). The van der Waals surface area contributed by atoms with Crippen molar-refractivity contribution in [3.05, 3.63) is 41.7 Å². The Morgan fingerprint density at radius 2 is 2.11 bits per heavy atom. The molecule has 1 aliphatic heterocycles. The lowest BCUT2D eigenvalue weighted by atomic mass is 9.97. The number of H-pyrrole nitrogens is 1. The minimum absolute atomic E-state index is 0.0427. The third kappa shape index (κ3) is 3.96. The van der Waals surface area contributed by atoms with Gasteiger partial charge >= 0.3 is 0 Å². The summed E-state index contributed by atoms with van der Waals surface area (Å²) in [6.07, 6.45) is 4.46. The Morgan fingerprint density at radius 1 is 1.32 bits per heavy atom. The third-order valence-electron chi connectivity index (χ3n) is 5.47. The molecule has 1 unspecified atom stereocenters. The van der Waals surface area contributed by atoms with Gasteiger partial charge < -0.3 is 9.80 Å². The number of nitrogens with zero attached hydrogens (tertiary/aromatic N) is 3. The van der Waals surface area contributed by atoms with Gasteiger partial charge in [0.2, 0.25) is 5.91 Å². The number of hydrogen-bond acceptors (Lipinski definition) is 3. The lowest BCUT2D eigenvalue weighted by molar-refractivity contribution is -0.138. The van der Waals surface area contributed by atoms with Crippen LogP contribution >= 0.6 is 0 Å². The van der Waals surface area contributed by atoms with E-state index >= 15 is 0 Å². The van der Waals surface area contributed by atoms with Crippen molar-refractivity contribution in [3.8, 4) is 11.1 Å².